The van der Waals surface area contributed by atoms with E-state index in [0.29, 0.717) is 6.54 Å². The molecule has 0 atom stereocenters. The number of pyridine rings is 1. The van der Waals surface area contributed by atoms with Crippen molar-refractivity contribution >= 4 is 11.8 Å². The van der Waals surface area contributed by atoms with Crippen LogP contribution < -0.4 is 4.90 Å². The van der Waals surface area contributed by atoms with Crippen molar-refractivity contribution in [1.29, 1.82) is 0 Å². The predicted molar refractivity (Wildman–Crippen MR) is 70.1 cm³/mol. The molecule has 0 aromatic carbocycles. The first-order chi connectivity index (χ1) is 9.09. The number of aromatic nitrogens is 1. The molecular formula is C13H18FN3O2. The molecule has 5 nitrogen and oxygen atoms in total. The van der Waals surface area contributed by atoms with E-state index in [1.165, 1.54) is 25.1 Å². The van der Waals surface area contributed by atoms with Crippen molar-refractivity contribution in [3.05, 3.63) is 23.6 Å². The predicted octanol–water partition coefficient (Wildman–Crippen LogP) is 1.45. The Bertz CT molecular complexity index is 461. The number of hydrogen-bond donors (Lipinski definition) is 1. The van der Waals surface area contributed by atoms with Gasteiger partial charge in [-0.05, 0) is 32.0 Å². The monoisotopic (exact) mass is 267 g/mol. The van der Waals surface area contributed by atoms with Gasteiger partial charge in [0.1, 0.15) is 5.56 Å². The minimum absolute atomic E-state index is 0.0964. The highest BCUT2D eigenvalue weighted by molar-refractivity contribution is 5.88. The summed E-state index contributed by atoms with van der Waals surface area (Å²) in [5, 5.41) is 8.88. The Hall–Kier alpha value is -1.69. The van der Waals surface area contributed by atoms with Gasteiger partial charge in [-0.3, -0.25) is 0 Å². The van der Waals surface area contributed by atoms with E-state index in [1.807, 2.05) is 0 Å². The third kappa shape index (κ3) is 3.20. The number of aromatic carboxylic acids is 1. The van der Waals surface area contributed by atoms with E-state index in [-0.39, 0.29) is 11.4 Å². The molecule has 0 bridgehead atoms. The normalized spacial score (nSPS) is 15.7. The van der Waals surface area contributed by atoms with Crippen molar-refractivity contribution in [3.63, 3.8) is 0 Å². The first kappa shape index (κ1) is 13.7. The number of likely N-dealkylation sites (tertiary alicyclic amines) is 1. The average Bonchev–Trinajstić information content (AvgIpc) is 2.89. The van der Waals surface area contributed by atoms with Crippen molar-refractivity contribution in [2.75, 3.05) is 38.1 Å². The molecule has 1 aliphatic heterocycles. The van der Waals surface area contributed by atoms with Crippen LogP contribution in [0.1, 0.15) is 23.2 Å². The van der Waals surface area contributed by atoms with Gasteiger partial charge >= 0.3 is 5.97 Å². The zero-order valence-corrected chi connectivity index (χ0v) is 11.0. The maximum atomic E-state index is 14.0. The number of halogens is 1. The maximum Gasteiger partial charge on any atom is 0.338 e. The molecule has 2 heterocycles. The number of rotatable bonds is 5. The summed E-state index contributed by atoms with van der Waals surface area (Å²) in [6, 6.07) is 1.18. The smallest absolute Gasteiger partial charge is 0.338 e. The van der Waals surface area contributed by atoms with Gasteiger partial charge in [-0.1, -0.05) is 0 Å². The Morgan fingerprint density at radius 3 is 2.84 bits per heavy atom. The van der Waals surface area contributed by atoms with Crippen LogP contribution in [0, 0.1) is 5.82 Å². The molecule has 1 N–H and O–H groups in total. The number of anilines is 1. The molecule has 19 heavy (non-hydrogen) atoms. The van der Waals surface area contributed by atoms with E-state index in [0.717, 1.165) is 19.6 Å². The molecule has 0 spiro atoms. The Balaban J connectivity index is 2.03. The first-order valence-corrected chi connectivity index (χ1v) is 6.41. The minimum Gasteiger partial charge on any atom is -0.478 e. The second kappa shape index (κ2) is 5.97. The fourth-order valence-electron chi connectivity index (χ4n) is 2.27. The zero-order chi connectivity index (χ0) is 13.8. The summed E-state index contributed by atoms with van der Waals surface area (Å²) in [4.78, 5) is 18.8. The Morgan fingerprint density at radius 1 is 1.53 bits per heavy atom. The van der Waals surface area contributed by atoms with Crippen LogP contribution in [0.4, 0.5) is 10.2 Å². The third-order valence-electron chi connectivity index (χ3n) is 3.41. The number of nitrogens with zero attached hydrogens (tertiary/aromatic N) is 3. The van der Waals surface area contributed by atoms with Gasteiger partial charge in [0.05, 0.1) is 0 Å². The van der Waals surface area contributed by atoms with Crippen LogP contribution >= 0.6 is 0 Å². The second-order valence-electron chi connectivity index (χ2n) is 4.77. The summed E-state index contributed by atoms with van der Waals surface area (Å²) >= 11 is 0. The second-order valence-corrected chi connectivity index (χ2v) is 4.77. The lowest BCUT2D eigenvalue weighted by Gasteiger charge is -2.22. The first-order valence-electron chi connectivity index (χ1n) is 6.41. The van der Waals surface area contributed by atoms with Crippen LogP contribution in [0.15, 0.2) is 12.3 Å². The Morgan fingerprint density at radius 2 is 2.21 bits per heavy atom. The van der Waals surface area contributed by atoms with Gasteiger partial charge in [-0.25, -0.2) is 14.2 Å². The lowest BCUT2D eigenvalue weighted by molar-refractivity contribution is 0.0692. The summed E-state index contributed by atoms with van der Waals surface area (Å²) in [6.07, 6.45) is 3.75. The average molecular weight is 267 g/mol. The van der Waals surface area contributed by atoms with Crippen molar-refractivity contribution in [3.8, 4) is 0 Å². The topological polar surface area (TPSA) is 56.7 Å². The number of hydrogen-bond acceptors (Lipinski definition) is 4. The van der Waals surface area contributed by atoms with Crippen molar-refractivity contribution in [2.45, 2.75) is 12.8 Å². The molecule has 2 rings (SSSR count). The summed E-state index contributed by atoms with van der Waals surface area (Å²) in [6.45, 7) is 3.64. The lowest BCUT2D eigenvalue weighted by Crippen LogP contribution is -2.32. The zero-order valence-electron chi connectivity index (χ0n) is 11.0. The van der Waals surface area contributed by atoms with E-state index >= 15 is 0 Å². The molecular weight excluding hydrogens is 249 g/mol. The fourth-order valence-corrected chi connectivity index (χ4v) is 2.27. The molecule has 0 amide bonds. The number of carboxylic acid groups (broad SMARTS) is 1. The summed E-state index contributed by atoms with van der Waals surface area (Å²) < 4.78 is 14.0. The van der Waals surface area contributed by atoms with E-state index < -0.39 is 11.8 Å². The SMILES string of the molecule is CN(CCN1CCCC1)c1nccc(C(=O)O)c1F. The van der Waals surface area contributed by atoms with Crippen LogP contribution in [0.3, 0.4) is 0 Å². The van der Waals surface area contributed by atoms with Crippen LogP contribution in [-0.2, 0) is 0 Å². The molecule has 0 saturated carbocycles. The van der Waals surface area contributed by atoms with E-state index in [2.05, 4.69) is 9.88 Å². The molecule has 0 unspecified atom stereocenters. The summed E-state index contributed by atoms with van der Waals surface area (Å²) in [7, 11) is 1.73. The quantitative estimate of drug-likeness (QED) is 0.875. The van der Waals surface area contributed by atoms with Crippen LogP contribution in [0.2, 0.25) is 0 Å². The number of likely N-dealkylation sites (N-methyl/N-ethyl adjacent to an activating group) is 1. The Labute approximate surface area is 111 Å². The molecule has 1 aromatic heterocycles. The molecule has 104 valence electrons. The van der Waals surface area contributed by atoms with Crippen molar-refractivity contribution in [2.24, 2.45) is 0 Å². The summed E-state index contributed by atoms with van der Waals surface area (Å²) in [5.74, 6) is -1.94. The van der Waals surface area contributed by atoms with E-state index in [9.17, 15) is 9.18 Å². The third-order valence-corrected chi connectivity index (χ3v) is 3.41. The molecule has 0 radical (unpaired) electrons. The molecule has 1 aromatic rings. The van der Waals surface area contributed by atoms with Gasteiger partial charge in [-0.15, -0.1) is 0 Å². The van der Waals surface area contributed by atoms with Crippen molar-refractivity contribution in [1.82, 2.24) is 9.88 Å². The highest BCUT2D eigenvalue weighted by atomic mass is 19.1. The van der Waals surface area contributed by atoms with Gasteiger partial charge in [0.2, 0.25) is 0 Å². The number of carbonyl (C=O) groups is 1. The van der Waals surface area contributed by atoms with Gasteiger partial charge in [0.15, 0.2) is 11.6 Å². The molecule has 1 saturated heterocycles. The van der Waals surface area contributed by atoms with Gasteiger partial charge < -0.3 is 14.9 Å². The highest BCUT2D eigenvalue weighted by Gasteiger charge is 2.18. The van der Waals surface area contributed by atoms with E-state index in [4.69, 9.17) is 5.11 Å². The molecule has 1 fully saturated rings. The molecule has 6 heteroatoms. The van der Waals surface area contributed by atoms with Crippen LogP contribution in [0.25, 0.3) is 0 Å². The van der Waals surface area contributed by atoms with Gasteiger partial charge in [0, 0.05) is 26.3 Å². The van der Waals surface area contributed by atoms with E-state index in [1.54, 1.807) is 11.9 Å². The maximum absolute atomic E-state index is 14.0. The summed E-state index contributed by atoms with van der Waals surface area (Å²) in [5.41, 5.74) is -0.335. The van der Waals surface area contributed by atoms with Crippen LogP contribution in [-0.4, -0.2) is 54.2 Å². The van der Waals surface area contributed by atoms with Crippen LogP contribution in [0.5, 0.6) is 0 Å². The lowest BCUT2D eigenvalue weighted by atomic mass is 10.2. The number of carboxylic acids is 1. The molecule has 0 aliphatic carbocycles. The van der Waals surface area contributed by atoms with Gasteiger partial charge in [0.25, 0.3) is 0 Å². The van der Waals surface area contributed by atoms with Crippen molar-refractivity contribution < 1.29 is 14.3 Å². The van der Waals surface area contributed by atoms with Gasteiger partial charge in [-0.2, -0.15) is 0 Å². The fraction of sp³-hybridized carbons (Fsp3) is 0.538. The highest BCUT2D eigenvalue weighted by Crippen LogP contribution is 2.18. The standard InChI is InChI=1S/C13H18FN3O2/c1-16(8-9-17-6-2-3-7-17)12-11(14)10(13(18)19)4-5-15-12/h4-5H,2-3,6-9H2,1H3,(H,18,19). The largest absolute Gasteiger partial charge is 0.478 e. The Kier molecular flexibility index (Phi) is 4.31. The minimum atomic E-state index is -1.27. The molecule has 1 aliphatic rings.